The lowest BCUT2D eigenvalue weighted by molar-refractivity contribution is 0.0988. The van der Waals surface area contributed by atoms with Crippen molar-refractivity contribution >= 4 is 33.5 Å². The highest BCUT2D eigenvalue weighted by molar-refractivity contribution is 9.10. The second kappa shape index (κ2) is 4.08. The van der Waals surface area contributed by atoms with Gasteiger partial charge in [-0.15, -0.1) is 0 Å². The molecule has 0 N–H and O–H groups in total. The van der Waals surface area contributed by atoms with E-state index in [1.807, 2.05) is 11.8 Å². The number of Topliss-reactive ketones (excluding diaryl/α,β-unsaturated/α-hetero) is 1. The van der Waals surface area contributed by atoms with E-state index in [-0.39, 0.29) is 5.78 Å². The molecule has 2 nitrogen and oxygen atoms in total. The minimum atomic E-state index is 0.241. The molecule has 2 heterocycles. The van der Waals surface area contributed by atoms with Crippen LogP contribution in [-0.4, -0.2) is 18.1 Å². The molecule has 16 heavy (non-hydrogen) atoms. The zero-order chi connectivity index (χ0) is 11.1. The van der Waals surface area contributed by atoms with Gasteiger partial charge in [-0.1, -0.05) is 15.9 Å². The van der Waals surface area contributed by atoms with Gasteiger partial charge in [-0.05, 0) is 11.6 Å². The summed E-state index contributed by atoms with van der Waals surface area (Å²) in [5.41, 5.74) is 3.20. The Balaban J connectivity index is 2.25. The Kier molecular flexibility index (Phi) is 2.72. The van der Waals surface area contributed by atoms with Crippen LogP contribution in [0, 0.1) is 0 Å². The van der Waals surface area contributed by atoms with Crippen LogP contribution in [0.15, 0.2) is 10.5 Å². The number of hydrogen-bond acceptors (Lipinski definition) is 3. The summed E-state index contributed by atoms with van der Waals surface area (Å²) in [6, 6.07) is 2.05. The Hall–Kier alpha value is -0.480. The molecule has 2 aliphatic heterocycles. The van der Waals surface area contributed by atoms with Gasteiger partial charge in [0, 0.05) is 39.9 Å². The summed E-state index contributed by atoms with van der Waals surface area (Å²) >= 11 is 5.34. The van der Waals surface area contributed by atoms with Gasteiger partial charge in [-0.3, -0.25) is 4.79 Å². The van der Waals surface area contributed by atoms with Crippen molar-refractivity contribution in [2.45, 2.75) is 18.6 Å². The van der Waals surface area contributed by atoms with Crippen molar-refractivity contribution in [3.63, 3.8) is 0 Å². The maximum Gasteiger partial charge on any atom is 0.165 e. The predicted molar refractivity (Wildman–Crippen MR) is 68.5 cm³/mol. The lowest BCUT2D eigenvalue weighted by atomic mass is 9.99. The molecule has 0 radical (unpaired) electrons. The SMILES string of the molecule is O=C1CCSCc2c3c(cc(Br)c21)CCO3. The Morgan fingerprint density at radius 3 is 3.12 bits per heavy atom. The molecule has 1 aromatic carbocycles. The molecule has 0 saturated heterocycles. The third-order valence-corrected chi connectivity index (χ3v) is 4.63. The van der Waals surface area contributed by atoms with Crippen molar-refractivity contribution < 1.29 is 9.53 Å². The highest BCUT2D eigenvalue weighted by Crippen LogP contribution is 2.40. The molecule has 0 bridgehead atoms. The number of halogens is 1. The van der Waals surface area contributed by atoms with Crippen molar-refractivity contribution in [2.75, 3.05) is 12.4 Å². The monoisotopic (exact) mass is 298 g/mol. The van der Waals surface area contributed by atoms with Crippen LogP contribution >= 0.6 is 27.7 Å². The first kappa shape index (κ1) is 10.7. The zero-order valence-corrected chi connectivity index (χ0v) is 11.1. The topological polar surface area (TPSA) is 26.3 Å². The average Bonchev–Trinajstić information content (AvgIpc) is 2.62. The number of carbonyl (C=O) groups is 1. The van der Waals surface area contributed by atoms with Gasteiger partial charge in [0.25, 0.3) is 0 Å². The fraction of sp³-hybridized carbons (Fsp3) is 0.417. The van der Waals surface area contributed by atoms with Crippen LogP contribution in [0.1, 0.15) is 27.9 Å². The molecule has 0 fully saturated rings. The summed E-state index contributed by atoms with van der Waals surface area (Å²) in [7, 11) is 0. The third-order valence-electron chi connectivity index (χ3n) is 3.02. The second-order valence-corrected chi connectivity index (χ2v) is 5.98. The van der Waals surface area contributed by atoms with Crippen LogP contribution in [0.2, 0.25) is 0 Å². The molecule has 2 aliphatic rings. The normalized spacial score (nSPS) is 18.7. The molecule has 0 unspecified atom stereocenters. The van der Waals surface area contributed by atoms with Crippen LogP contribution in [-0.2, 0) is 12.2 Å². The minimum Gasteiger partial charge on any atom is -0.493 e. The molecule has 0 spiro atoms. The van der Waals surface area contributed by atoms with E-state index < -0.39 is 0 Å². The Morgan fingerprint density at radius 1 is 1.38 bits per heavy atom. The zero-order valence-electron chi connectivity index (χ0n) is 8.72. The van der Waals surface area contributed by atoms with Crippen LogP contribution in [0.3, 0.4) is 0 Å². The van der Waals surface area contributed by atoms with Crippen LogP contribution in [0.4, 0.5) is 0 Å². The summed E-state index contributed by atoms with van der Waals surface area (Å²) < 4.78 is 6.61. The number of benzene rings is 1. The Bertz CT molecular complexity index is 471. The number of rotatable bonds is 0. The van der Waals surface area contributed by atoms with Gasteiger partial charge in [-0.2, -0.15) is 11.8 Å². The van der Waals surface area contributed by atoms with E-state index in [2.05, 4.69) is 22.0 Å². The van der Waals surface area contributed by atoms with Gasteiger partial charge in [0.2, 0.25) is 0 Å². The largest absolute Gasteiger partial charge is 0.493 e. The highest BCUT2D eigenvalue weighted by atomic mass is 79.9. The number of carbonyl (C=O) groups excluding carboxylic acids is 1. The van der Waals surface area contributed by atoms with E-state index in [1.165, 1.54) is 5.56 Å². The van der Waals surface area contributed by atoms with Crippen LogP contribution < -0.4 is 4.74 Å². The average molecular weight is 299 g/mol. The smallest absolute Gasteiger partial charge is 0.165 e. The fourth-order valence-corrected chi connectivity index (χ4v) is 3.96. The van der Waals surface area contributed by atoms with Gasteiger partial charge >= 0.3 is 0 Å². The first-order valence-electron chi connectivity index (χ1n) is 5.35. The maximum atomic E-state index is 12.0. The highest BCUT2D eigenvalue weighted by Gasteiger charge is 2.26. The maximum absolute atomic E-state index is 12.0. The fourth-order valence-electron chi connectivity index (χ4n) is 2.27. The summed E-state index contributed by atoms with van der Waals surface area (Å²) in [6.45, 7) is 0.747. The first-order valence-corrected chi connectivity index (χ1v) is 7.30. The summed E-state index contributed by atoms with van der Waals surface area (Å²) in [4.78, 5) is 12.0. The van der Waals surface area contributed by atoms with Crippen LogP contribution in [0.25, 0.3) is 0 Å². The summed E-state index contributed by atoms with van der Waals surface area (Å²) in [5.74, 6) is 3.02. The van der Waals surface area contributed by atoms with E-state index >= 15 is 0 Å². The molecule has 1 aromatic rings. The molecule has 4 heteroatoms. The molecule has 0 aliphatic carbocycles. The molecule has 0 aromatic heterocycles. The second-order valence-electron chi connectivity index (χ2n) is 4.02. The van der Waals surface area contributed by atoms with Gasteiger partial charge in [0.05, 0.1) is 6.61 Å². The van der Waals surface area contributed by atoms with E-state index in [0.29, 0.717) is 6.42 Å². The van der Waals surface area contributed by atoms with Gasteiger partial charge in [0.1, 0.15) is 5.75 Å². The molecule has 0 atom stereocenters. The van der Waals surface area contributed by atoms with Gasteiger partial charge in [0.15, 0.2) is 5.78 Å². The van der Waals surface area contributed by atoms with E-state index in [1.54, 1.807) is 0 Å². The molecular weight excluding hydrogens is 288 g/mol. The van der Waals surface area contributed by atoms with Crippen molar-refractivity contribution in [3.8, 4) is 5.75 Å². The van der Waals surface area contributed by atoms with Crippen molar-refractivity contribution in [1.29, 1.82) is 0 Å². The third kappa shape index (κ3) is 1.59. The molecule has 84 valence electrons. The summed E-state index contributed by atoms with van der Waals surface area (Å²) in [6.07, 6.45) is 1.59. The lowest BCUT2D eigenvalue weighted by Crippen LogP contribution is -2.04. The van der Waals surface area contributed by atoms with Gasteiger partial charge < -0.3 is 4.74 Å². The number of hydrogen-bond donors (Lipinski definition) is 0. The Labute approximate surface area is 107 Å². The van der Waals surface area contributed by atoms with Crippen molar-refractivity contribution in [2.24, 2.45) is 0 Å². The standard InChI is InChI=1S/C12H11BrO2S/c13-9-5-7-1-3-15-12(7)8-6-16-4-2-10(14)11(8)9/h5H,1-4,6H2. The van der Waals surface area contributed by atoms with Crippen LogP contribution in [0.5, 0.6) is 5.75 Å². The molecule has 0 saturated carbocycles. The minimum absolute atomic E-state index is 0.241. The van der Waals surface area contributed by atoms with Crippen molar-refractivity contribution in [3.05, 3.63) is 27.2 Å². The predicted octanol–water partition coefficient (Wildman–Crippen LogP) is 3.20. The quantitative estimate of drug-likeness (QED) is 0.736. The molecule has 3 rings (SSSR count). The van der Waals surface area contributed by atoms with Gasteiger partial charge in [-0.25, -0.2) is 0 Å². The van der Waals surface area contributed by atoms with E-state index in [0.717, 1.165) is 45.9 Å². The number of thioether (sulfide) groups is 1. The van der Waals surface area contributed by atoms with Crippen molar-refractivity contribution in [1.82, 2.24) is 0 Å². The lowest BCUT2D eigenvalue weighted by Gasteiger charge is -2.12. The van der Waals surface area contributed by atoms with E-state index in [4.69, 9.17) is 4.74 Å². The summed E-state index contributed by atoms with van der Waals surface area (Å²) in [5, 5.41) is 0. The molecule has 0 amide bonds. The number of ketones is 1. The number of fused-ring (bicyclic) bond motifs is 3. The Morgan fingerprint density at radius 2 is 2.25 bits per heavy atom. The number of ether oxygens (including phenoxy) is 1. The molecular formula is C12H11BrO2S. The van der Waals surface area contributed by atoms with E-state index in [9.17, 15) is 4.79 Å². The first-order chi connectivity index (χ1) is 7.77.